The van der Waals surface area contributed by atoms with Crippen LogP contribution >= 0.6 is 24.0 Å². The molecule has 0 unspecified atom stereocenters. The van der Waals surface area contributed by atoms with E-state index in [4.69, 9.17) is 4.74 Å². The van der Waals surface area contributed by atoms with E-state index in [0.29, 0.717) is 26.3 Å². The van der Waals surface area contributed by atoms with Gasteiger partial charge in [-0.1, -0.05) is 31.4 Å². The Morgan fingerprint density at radius 2 is 2.00 bits per heavy atom. The number of guanidine groups is 1. The largest absolute Gasteiger partial charge is 0.380 e. The highest BCUT2D eigenvalue weighted by Gasteiger charge is 2.20. The number of anilines is 1. The Labute approximate surface area is 179 Å². The zero-order valence-electron chi connectivity index (χ0n) is 16.4. The molecule has 7 heteroatoms. The number of amides is 1. The zero-order chi connectivity index (χ0) is 18.6. The summed E-state index contributed by atoms with van der Waals surface area (Å²) >= 11 is 0. The third-order valence-corrected chi connectivity index (χ3v) is 4.60. The number of carbonyl (C=O) groups is 1. The van der Waals surface area contributed by atoms with Crippen LogP contribution in [0.2, 0.25) is 0 Å². The molecule has 0 radical (unpaired) electrons. The van der Waals surface area contributed by atoms with Gasteiger partial charge in [0.15, 0.2) is 5.96 Å². The molecule has 0 aliphatic heterocycles. The van der Waals surface area contributed by atoms with Gasteiger partial charge in [-0.15, -0.1) is 24.0 Å². The van der Waals surface area contributed by atoms with Gasteiger partial charge >= 0.3 is 0 Å². The molecule has 1 aliphatic carbocycles. The van der Waals surface area contributed by atoms with Crippen molar-refractivity contribution in [1.82, 2.24) is 10.6 Å². The van der Waals surface area contributed by atoms with Gasteiger partial charge in [0.2, 0.25) is 5.91 Å². The number of carbonyl (C=O) groups excluding carboxylic acids is 1. The van der Waals surface area contributed by atoms with E-state index in [2.05, 4.69) is 20.9 Å². The van der Waals surface area contributed by atoms with E-state index in [-0.39, 0.29) is 35.8 Å². The first-order valence-corrected chi connectivity index (χ1v) is 9.65. The molecule has 1 amide bonds. The monoisotopic (exact) mass is 488 g/mol. The predicted octanol–water partition coefficient (Wildman–Crippen LogP) is 3.52. The fourth-order valence-corrected chi connectivity index (χ4v) is 3.16. The van der Waals surface area contributed by atoms with Crippen molar-refractivity contribution < 1.29 is 9.53 Å². The summed E-state index contributed by atoms with van der Waals surface area (Å²) in [6, 6.07) is 7.97. The van der Waals surface area contributed by atoms with E-state index in [1.54, 1.807) is 7.05 Å². The number of nitrogens with one attached hydrogen (secondary N) is 3. The molecule has 2 rings (SSSR count). The van der Waals surface area contributed by atoms with E-state index < -0.39 is 0 Å². The molecule has 0 heterocycles. The van der Waals surface area contributed by atoms with Gasteiger partial charge in [-0.25, -0.2) is 0 Å². The van der Waals surface area contributed by atoms with Crippen molar-refractivity contribution in [3.8, 4) is 0 Å². The number of rotatable bonds is 8. The van der Waals surface area contributed by atoms with Gasteiger partial charge in [0.25, 0.3) is 0 Å². The minimum Gasteiger partial charge on any atom is -0.380 e. The average molecular weight is 488 g/mol. The van der Waals surface area contributed by atoms with Crippen molar-refractivity contribution in [2.24, 2.45) is 10.9 Å². The molecule has 1 aromatic rings. The molecular formula is C20H33IN4O2. The van der Waals surface area contributed by atoms with E-state index >= 15 is 0 Å². The predicted molar refractivity (Wildman–Crippen MR) is 122 cm³/mol. The average Bonchev–Trinajstić information content (AvgIpc) is 2.68. The summed E-state index contributed by atoms with van der Waals surface area (Å²) < 4.78 is 5.31. The first kappa shape index (κ1) is 23.7. The first-order chi connectivity index (χ1) is 12.7. The van der Waals surface area contributed by atoms with Crippen LogP contribution in [0.5, 0.6) is 0 Å². The summed E-state index contributed by atoms with van der Waals surface area (Å²) in [5.74, 6) is 1.06. The third kappa shape index (κ3) is 8.92. The summed E-state index contributed by atoms with van der Waals surface area (Å²) in [6.07, 6.45) is 5.60. The summed E-state index contributed by atoms with van der Waals surface area (Å²) in [7, 11) is 1.75. The molecule has 27 heavy (non-hydrogen) atoms. The second-order valence-electron chi connectivity index (χ2n) is 6.57. The van der Waals surface area contributed by atoms with Crippen LogP contribution in [0, 0.1) is 5.92 Å². The topological polar surface area (TPSA) is 74.8 Å². The molecule has 0 bridgehead atoms. The summed E-state index contributed by atoms with van der Waals surface area (Å²) in [5, 5.41) is 9.56. The summed E-state index contributed by atoms with van der Waals surface area (Å²) in [6.45, 7) is 4.70. The molecule has 0 saturated heterocycles. The number of nitrogens with zero attached hydrogens (tertiary/aromatic N) is 1. The van der Waals surface area contributed by atoms with Crippen LogP contribution in [-0.2, 0) is 16.1 Å². The lowest BCUT2D eigenvalue weighted by Gasteiger charge is -2.21. The van der Waals surface area contributed by atoms with E-state index in [0.717, 1.165) is 42.9 Å². The van der Waals surface area contributed by atoms with Crippen molar-refractivity contribution in [3.05, 3.63) is 29.8 Å². The van der Waals surface area contributed by atoms with Crippen molar-refractivity contribution in [2.75, 3.05) is 32.1 Å². The molecule has 1 aromatic carbocycles. The maximum atomic E-state index is 12.4. The van der Waals surface area contributed by atoms with Crippen LogP contribution in [0.1, 0.15) is 44.6 Å². The van der Waals surface area contributed by atoms with E-state index in [1.165, 1.54) is 6.42 Å². The van der Waals surface area contributed by atoms with Gasteiger partial charge in [0.05, 0.1) is 6.61 Å². The Balaban J connectivity index is 0.00000364. The van der Waals surface area contributed by atoms with Crippen LogP contribution < -0.4 is 16.0 Å². The standard InChI is InChI=1S/C20H32N4O2.HI/c1-3-26-13-12-22-20(21-2)23-15-16-8-7-11-18(14-16)24-19(25)17-9-5-4-6-10-17;/h7-8,11,14,17H,3-6,9-10,12-13,15H2,1-2H3,(H,24,25)(H2,21,22,23);1H. The minimum absolute atomic E-state index is 0. The molecule has 1 saturated carbocycles. The van der Waals surface area contributed by atoms with Gasteiger partial charge < -0.3 is 20.7 Å². The molecular weight excluding hydrogens is 455 g/mol. The fourth-order valence-electron chi connectivity index (χ4n) is 3.16. The van der Waals surface area contributed by atoms with Crippen molar-refractivity contribution in [2.45, 2.75) is 45.6 Å². The minimum atomic E-state index is 0. The zero-order valence-corrected chi connectivity index (χ0v) is 18.8. The Bertz CT molecular complexity index is 589. The van der Waals surface area contributed by atoms with Gasteiger partial charge in [-0.2, -0.15) is 0 Å². The lowest BCUT2D eigenvalue weighted by molar-refractivity contribution is -0.120. The Hall–Kier alpha value is -1.35. The van der Waals surface area contributed by atoms with Crippen LogP contribution in [-0.4, -0.2) is 38.7 Å². The lowest BCUT2D eigenvalue weighted by Crippen LogP contribution is -2.38. The Morgan fingerprint density at radius 1 is 1.22 bits per heavy atom. The molecule has 0 spiro atoms. The number of benzene rings is 1. The van der Waals surface area contributed by atoms with Crippen molar-refractivity contribution in [1.29, 1.82) is 0 Å². The van der Waals surface area contributed by atoms with Gasteiger partial charge in [0.1, 0.15) is 0 Å². The normalized spacial score (nSPS) is 15.0. The summed E-state index contributed by atoms with van der Waals surface area (Å²) in [5.41, 5.74) is 1.96. The van der Waals surface area contributed by atoms with Gasteiger partial charge in [0, 0.05) is 38.3 Å². The third-order valence-electron chi connectivity index (χ3n) is 4.60. The molecule has 1 aliphatic rings. The van der Waals surface area contributed by atoms with Crippen molar-refractivity contribution in [3.63, 3.8) is 0 Å². The maximum absolute atomic E-state index is 12.4. The smallest absolute Gasteiger partial charge is 0.227 e. The number of hydrogen-bond donors (Lipinski definition) is 3. The second-order valence-corrected chi connectivity index (χ2v) is 6.57. The quantitative estimate of drug-likeness (QED) is 0.227. The number of halogens is 1. The van der Waals surface area contributed by atoms with Crippen LogP contribution in [0.4, 0.5) is 5.69 Å². The maximum Gasteiger partial charge on any atom is 0.227 e. The van der Waals surface area contributed by atoms with Crippen molar-refractivity contribution >= 4 is 41.5 Å². The number of aliphatic imine (C=N–C) groups is 1. The summed E-state index contributed by atoms with van der Waals surface area (Å²) in [4.78, 5) is 16.6. The molecule has 6 nitrogen and oxygen atoms in total. The molecule has 1 fully saturated rings. The molecule has 152 valence electrons. The Morgan fingerprint density at radius 3 is 2.70 bits per heavy atom. The second kappa shape index (κ2) is 13.8. The Kier molecular flexibility index (Phi) is 12.1. The molecule has 0 aromatic heterocycles. The van der Waals surface area contributed by atoms with Crippen LogP contribution in [0.25, 0.3) is 0 Å². The number of ether oxygens (including phenoxy) is 1. The van der Waals surface area contributed by atoms with Crippen LogP contribution in [0.15, 0.2) is 29.3 Å². The SMILES string of the molecule is CCOCCNC(=NC)NCc1cccc(NC(=O)C2CCCCC2)c1.I. The van der Waals surface area contributed by atoms with E-state index in [1.807, 2.05) is 31.2 Å². The lowest BCUT2D eigenvalue weighted by atomic mass is 9.88. The molecule has 0 atom stereocenters. The van der Waals surface area contributed by atoms with Gasteiger partial charge in [-0.3, -0.25) is 9.79 Å². The highest BCUT2D eigenvalue weighted by Crippen LogP contribution is 2.25. The highest BCUT2D eigenvalue weighted by molar-refractivity contribution is 14.0. The highest BCUT2D eigenvalue weighted by atomic mass is 127. The molecule has 3 N–H and O–H groups in total. The van der Waals surface area contributed by atoms with E-state index in [9.17, 15) is 4.79 Å². The van der Waals surface area contributed by atoms with Gasteiger partial charge in [-0.05, 0) is 37.5 Å². The first-order valence-electron chi connectivity index (χ1n) is 9.65. The van der Waals surface area contributed by atoms with Crippen LogP contribution in [0.3, 0.4) is 0 Å². The fraction of sp³-hybridized carbons (Fsp3) is 0.600. The number of hydrogen-bond acceptors (Lipinski definition) is 3.